The third-order valence-corrected chi connectivity index (χ3v) is 2.52. The normalized spacial score (nSPS) is 11.3. The van der Waals surface area contributed by atoms with E-state index in [0.29, 0.717) is 5.75 Å². The highest BCUT2D eigenvalue weighted by atomic mass is 16.5. The van der Waals surface area contributed by atoms with Crippen molar-refractivity contribution >= 4 is 11.8 Å². The number of carbonyl (C=O) groups excluding carboxylic acids is 2. The number of amides is 2. The van der Waals surface area contributed by atoms with Crippen molar-refractivity contribution in [3.63, 3.8) is 0 Å². The zero-order chi connectivity index (χ0) is 15.1. The van der Waals surface area contributed by atoms with Crippen molar-refractivity contribution in [3.8, 4) is 5.75 Å². The lowest BCUT2D eigenvalue weighted by Gasteiger charge is -2.14. The van der Waals surface area contributed by atoms with Gasteiger partial charge in [0.1, 0.15) is 11.4 Å². The van der Waals surface area contributed by atoms with E-state index in [-0.39, 0.29) is 5.69 Å². The molecule has 7 nitrogen and oxygen atoms in total. The summed E-state index contributed by atoms with van der Waals surface area (Å²) in [6, 6.07) is 8.92. The summed E-state index contributed by atoms with van der Waals surface area (Å²) in [4.78, 5) is 31.0. The van der Waals surface area contributed by atoms with Gasteiger partial charge in [-0.3, -0.25) is 25.4 Å². The molecule has 7 heteroatoms. The van der Waals surface area contributed by atoms with E-state index < -0.39 is 17.9 Å². The van der Waals surface area contributed by atoms with Crippen LogP contribution in [0.25, 0.3) is 0 Å². The monoisotopic (exact) mass is 286 g/mol. The fraction of sp³-hybridized carbons (Fsp3) is 0.143. The number of hydrogen-bond acceptors (Lipinski definition) is 5. The molecule has 0 aliphatic rings. The van der Waals surface area contributed by atoms with Gasteiger partial charge in [-0.2, -0.15) is 0 Å². The van der Waals surface area contributed by atoms with E-state index in [4.69, 9.17) is 4.74 Å². The van der Waals surface area contributed by atoms with Gasteiger partial charge >= 0.3 is 0 Å². The second-order valence-electron chi connectivity index (χ2n) is 4.11. The number of carbonyl (C=O) groups is 2. The van der Waals surface area contributed by atoms with Crippen molar-refractivity contribution in [2.24, 2.45) is 0 Å². The minimum Gasteiger partial charge on any atom is -0.481 e. The summed E-state index contributed by atoms with van der Waals surface area (Å²) in [5, 5.41) is 0. The maximum Gasteiger partial charge on any atom is 0.289 e. The lowest BCUT2D eigenvalue weighted by Crippen LogP contribution is -2.47. The fourth-order valence-corrected chi connectivity index (χ4v) is 1.46. The van der Waals surface area contributed by atoms with E-state index in [9.17, 15) is 9.59 Å². The lowest BCUT2D eigenvalue weighted by molar-refractivity contribution is -0.128. The van der Waals surface area contributed by atoms with Gasteiger partial charge in [0.05, 0.1) is 6.20 Å². The molecule has 0 aliphatic heterocycles. The molecule has 21 heavy (non-hydrogen) atoms. The van der Waals surface area contributed by atoms with Gasteiger partial charge in [0.25, 0.3) is 11.8 Å². The van der Waals surface area contributed by atoms with E-state index in [1.54, 1.807) is 31.2 Å². The Balaban J connectivity index is 1.83. The van der Waals surface area contributed by atoms with E-state index in [0.717, 1.165) is 0 Å². The lowest BCUT2D eigenvalue weighted by atomic mass is 10.3. The maximum absolute atomic E-state index is 11.8. The molecule has 1 aromatic carbocycles. The molecule has 0 fully saturated rings. The van der Waals surface area contributed by atoms with Crippen LogP contribution in [0, 0.1) is 0 Å². The van der Waals surface area contributed by atoms with Gasteiger partial charge in [-0.1, -0.05) is 18.2 Å². The predicted molar refractivity (Wildman–Crippen MR) is 74.2 cm³/mol. The number of benzene rings is 1. The first kappa shape index (κ1) is 14.4. The van der Waals surface area contributed by atoms with Crippen LogP contribution in [0.2, 0.25) is 0 Å². The minimum atomic E-state index is -0.755. The molecule has 0 saturated heterocycles. The first-order chi connectivity index (χ1) is 10.2. The van der Waals surface area contributed by atoms with Crippen molar-refractivity contribution in [1.29, 1.82) is 0 Å². The van der Waals surface area contributed by atoms with E-state index in [1.807, 2.05) is 6.07 Å². The van der Waals surface area contributed by atoms with Crippen LogP contribution in [-0.2, 0) is 4.79 Å². The molecule has 108 valence electrons. The molecule has 2 rings (SSSR count). The summed E-state index contributed by atoms with van der Waals surface area (Å²) < 4.78 is 5.42. The topological polar surface area (TPSA) is 93.2 Å². The van der Waals surface area contributed by atoms with Crippen LogP contribution in [0.5, 0.6) is 5.75 Å². The van der Waals surface area contributed by atoms with Gasteiger partial charge in [-0.25, -0.2) is 4.98 Å². The van der Waals surface area contributed by atoms with Crippen LogP contribution >= 0.6 is 0 Å². The smallest absolute Gasteiger partial charge is 0.289 e. The Kier molecular flexibility index (Phi) is 4.81. The first-order valence-electron chi connectivity index (χ1n) is 6.24. The molecule has 1 heterocycles. The van der Waals surface area contributed by atoms with E-state index in [2.05, 4.69) is 20.8 Å². The third kappa shape index (κ3) is 4.27. The van der Waals surface area contributed by atoms with Gasteiger partial charge in [0.15, 0.2) is 6.10 Å². The Bertz CT molecular complexity index is 604. The molecule has 0 radical (unpaired) electrons. The average molecular weight is 286 g/mol. The summed E-state index contributed by atoms with van der Waals surface area (Å²) in [5.74, 6) is -0.458. The third-order valence-electron chi connectivity index (χ3n) is 2.52. The van der Waals surface area contributed by atoms with Crippen molar-refractivity contribution in [3.05, 3.63) is 54.6 Å². The largest absolute Gasteiger partial charge is 0.481 e. The number of ether oxygens (including phenoxy) is 1. The molecule has 0 aliphatic carbocycles. The van der Waals surface area contributed by atoms with Crippen molar-refractivity contribution < 1.29 is 14.3 Å². The summed E-state index contributed by atoms with van der Waals surface area (Å²) in [5.41, 5.74) is 4.62. The van der Waals surface area contributed by atoms with Crippen LogP contribution in [0.15, 0.2) is 48.9 Å². The second kappa shape index (κ2) is 6.99. The molecule has 2 amide bonds. The molecule has 0 bridgehead atoms. The molecule has 2 aromatic rings. The van der Waals surface area contributed by atoms with Crippen LogP contribution in [0.3, 0.4) is 0 Å². The van der Waals surface area contributed by atoms with Crippen LogP contribution < -0.4 is 15.6 Å². The summed E-state index contributed by atoms with van der Waals surface area (Å²) in [6.45, 7) is 1.58. The van der Waals surface area contributed by atoms with Gasteiger partial charge in [0.2, 0.25) is 0 Å². The molecule has 0 unspecified atom stereocenters. The zero-order valence-electron chi connectivity index (χ0n) is 11.3. The number of hydrogen-bond donors (Lipinski definition) is 2. The molecule has 1 aromatic heterocycles. The summed E-state index contributed by atoms with van der Waals surface area (Å²) >= 11 is 0. The molecule has 1 atom stereocenters. The highest BCUT2D eigenvalue weighted by molar-refractivity contribution is 5.93. The van der Waals surface area contributed by atoms with E-state index in [1.165, 1.54) is 18.6 Å². The number of aromatic nitrogens is 2. The Labute approximate surface area is 121 Å². The van der Waals surface area contributed by atoms with E-state index >= 15 is 0 Å². The molecule has 0 spiro atoms. The molecular formula is C14H14N4O3. The number of hydrazine groups is 1. The highest BCUT2D eigenvalue weighted by Crippen LogP contribution is 2.10. The highest BCUT2D eigenvalue weighted by Gasteiger charge is 2.16. The van der Waals surface area contributed by atoms with Crippen LogP contribution in [0.4, 0.5) is 0 Å². The van der Waals surface area contributed by atoms with Gasteiger partial charge in [-0.05, 0) is 19.1 Å². The van der Waals surface area contributed by atoms with Crippen LogP contribution in [0.1, 0.15) is 17.4 Å². The number of nitrogens with zero attached hydrogens (tertiary/aromatic N) is 2. The summed E-state index contributed by atoms with van der Waals surface area (Å²) in [7, 11) is 0. The SMILES string of the molecule is C[C@@H](Oc1ccccc1)C(=O)NNC(=O)c1cnccn1. The van der Waals surface area contributed by atoms with Crippen LogP contribution in [-0.4, -0.2) is 27.9 Å². The second-order valence-corrected chi connectivity index (χ2v) is 4.11. The van der Waals surface area contributed by atoms with Crippen molar-refractivity contribution in [2.45, 2.75) is 13.0 Å². The summed E-state index contributed by atoms with van der Waals surface area (Å²) in [6.07, 6.45) is 3.38. The van der Waals surface area contributed by atoms with Gasteiger partial charge in [-0.15, -0.1) is 0 Å². The Morgan fingerprint density at radius 1 is 1.14 bits per heavy atom. The predicted octanol–water partition coefficient (Wildman–Crippen LogP) is 0.705. The molecule has 2 N–H and O–H groups in total. The quantitative estimate of drug-likeness (QED) is 0.807. The standard InChI is InChI=1S/C14H14N4O3/c1-10(21-11-5-3-2-4-6-11)13(19)17-18-14(20)12-9-15-7-8-16-12/h2-10H,1H3,(H,17,19)(H,18,20)/t10-/m1/s1. The maximum atomic E-state index is 11.8. The Morgan fingerprint density at radius 2 is 1.90 bits per heavy atom. The first-order valence-corrected chi connectivity index (χ1v) is 6.24. The number of rotatable bonds is 4. The Hall–Kier alpha value is -2.96. The van der Waals surface area contributed by atoms with Crippen molar-refractivity contribution in [2.75, 3.05) is 0 Å². The average Bonchev–Trinajstić information content (AvgIpc) is 2.54. The van der Waals surface area contributed by atoms with Crippen molar-refractivity contribution in [1.82, 2.24) is 20.8 Å². The Morgan fingerprint density at radius 3 is 2.57 bits per heavy atom. The fourth-order valence-electron chi connectivity index (χ4n) is 1.46. The number of para-hydroxylation sites is 1. The van der Waals surface area contributed by atoms with Gasteiger partial charge < -0.3 is 4.74 Å². The molecular weight excluding hydrogens is 272 g/mol. The van der Waals surface area contributed by atoms with Gasteiger partial charge in [0, 0.05) is 12.4 Å². The molecule has 0 saturated carbocycles. The minimum absolute atomic E-state index is 0.106. The number of nitrogens with one attached hydrogen (secondary N) is 2. The zero-order valence-corrected chi connectivity index (χ0v) is 11.3.